The molecule has 0 radical (unpaired) electrons. The van der Waals surface area contributed by atoms with Crippen molar-refractivity contribution in [2.45, 2.75) is 26.1 Å². The van der Waals surface area contributed by atoms with Crippen molar-refractivity contribution in [3.63, 3.8) is 0 Å². The maximum atomic E-state index is 11.1. The third-order valence-corrected chi connectivity index (χ3v) is 4.28. The first-order valence-corrected chi connectivity index (χ1v) is 8.68. The lowest BCUT2D eigenvalue weighted by molar-refractivity contribution is -0.119. The lowest BCUT2D eigenvalue weighted by Gasteiger charge is -2.32. The summed E-state index contributed by atoms with van der Waals surface area (Å²) < 4.78 is 11.3. The quantitative estimate of drug-likeness (QED) is 0.849. The van der Waals surface area contributed by atoms with Gasteiger partial charge in [-0.25, -0.2) is 9.97 Å². The second-order valence-corrected chi connectivity index (χ2v) is 6.22. The average Bonchev–Trinajstić information content (AvgIpc) is 2.67. The number of aromatic nitrogens is 2. The van der Waals surface area contributed by atoms with Crippen molar-refractivity contribution >= 4 is 5.91 Å². The zero-order valence-corrected chi connectivity index (χ0v) is 15.1. The molecule has 138 valence electrons. The Labute approximate surface area is 153 Å². The fourth-order valence-electron chi connectivity index (χ4n) is 2.96. The molecule has 0 saturated carbocycles. The number of benzene rings is 1. The van der Waals surface area contributed by atoms with Gasteiger partial charge in [0.25, 0.3) is 0 Å². The summed E-state index contributed by atoms with van der Waals surface area (Å²) in [6, 6.07) is 9.84. The molecule has 1 N–H and O–H groups in total. The number of rotatable bonds is 6. The van der Waals surface area contributed by atoms with Crippen molar-refractivity contribution in [1.29, 1.82) is 0 Å². The van der Waals surface area contributed by atoms with E-state index in [9.17, 15) is 4.79 Å². The largest absolute Gasteiger partial charge is 0.496 e. The van der Waals surface area contributed by atoms with E-state index in [0.717, 1.165) is 30.1 Å². The Morgan fingerprint density at radius 3 is 3.04 bits per heavy atom. The maximum absolute atomic E-state index is 11.1. The van der Waals surface area contributed by atoms with Gasteiger partial charge in [-0.3, -0.25) is 9.69 Å². The van der Waals surface area contributed by atoms with E-state index in [2.05, 4.69) is 26.3 Å². The maximum Gasteiger partial charge on any atom is 0.217 e. The van der Waals surface area contributed by atoms with Crippen LogP contribution in [-0.2, 0) is 22.6 Å². The van der Waals surface area contributed by atoms with Crippen molar-refractivity contribution in [3.05, 3.63) is 53.6 Å². The normalized spacial score (nSPS) is 17.7. The molecule has 0 aliphatic carbocycles. The first-order valence-electron chi connectivity index (χ1n) is 8.68. The number of nitrogens with zero attached hydrogens (tertiary/aromatic N) is 3. The third kappa shape index (κ3) is 4.77. The molecular formula is C19H24N4O3. The molecule has 3 rings (SSSR count). The van der Waals surface area contributed by atoms with Crippen molar-refractivity contribution in [2.75, 3.05) is 26.8 Å². The minimum atomic E-state index is -0.185. The van der Waals surface area contributed by atoms with Gasteiger partial charge in [-0.1, -0.05) is 18.2 Å². The van der Waals surface area contributed by atoms with E-state index in [4.69, 9.17) is 9.47 Å². The standard InChI is InChI=1S/C19H24N4O3/c1-14(24)21-11-16-7-8-20-19(22-16)18-13-23(9-10-26-18)12-15-5-3-4-6-17(15)25-2/h3-8,18H,9-13H2,1-2H3,(H,21,24). The third-order valence-electron chi connectivity index (χ3n) is 4.28. The van der Waals surface area contributed by atoms with E-state index >= 15 is 0 Å². The highest BCUT2D eigenvalue weighted by Gasteiger charge is 2.25. The summed E-state index contributed by atoms with van der Waals surface area (Å²) in [5, 5.41) is 2.75. The van der Waals surface area contributed by atoms with Gasteiger partial charge in [0.2, 0.25) is 5.91 Å². The van der Waals surface area contributed by atoms with E-state index in [1.54, 1.807) is 19.4 Å². The number of nitrogens with one attached hydrogen (secondary N) is 1. The first-order chi connectivity index (χ1) is 12.7. The number of carbonyl (C=O) groups excluding carboxylic acids is 1. The lowest BCUT2D eigenvalue weighted by Crippen LogP contribution is -2.38. The topological polar surface area (TPSA) is 76.6 Å². The molecular weight excluding hydrogens is 332 g/mol. The van der Waals surface area contributed by atoms with Crippen LogP contribution < -0.4 is 10.1 Å². The number of carbonyl (C=O) groups is 1. The summed E-state index contributed by atoms with van der Waals surface area (Å²) in [5.41, 5.74) is 1.92. The van der Waals surface area contributed by atoms with Crippen molar-refractivity contribution < 1.29 is 14.3 Å². The Morgan fingerprint density at radius 2 is 2.23 bits per heavy atom. The van der Waals surface area contributed by atoms with Gasteiger partial charge in [0, 0.05) is 38.3 Å². The monoisotopic (exact) mass is 356 g/mol. The summed E-state index contributed by atoms with van der Waals surface area (Å²) in [4.78, 5) is 22.3. The van der Waals surface area contributed by atoms with Crippen LogP contribution in [0.15, 0.2) is 36.5 Å². The smallest absolute Gasteiger partial charge is 0.217 e. The summed E-state index contributed by atoms with van der Waals surface area (Å²) in [7, 11) is 1.69. The molecule has 1 fully saturated rings. The highest BCUT2D eigenvalue weighted by molar-refractivity contribution is 5.72. The number of amides is 1. The first kappa shape index (κ1) is 18.3. The van der Waals surface area contributed by atoms with Crippen molar-refractivity contribution in [3.8, 4) is 5.75 Å². The second kappa shape index (κ2) is 8.73. The molecule has 1 aliphatic heterocycles. The lowest BCUT2D eigenvalue weighted by atomic mass is 10.1. The molecule has 1 saturated heterocycles. The Kier molecular flexibility index (Phi) is 6.14. The van der Waals surface area contributed by atoms with Crippen LogP contribution in [0.3, 0.4) is 0 Å². The molecule has 1 aromatic carbocycles. The van der Waals surface area contributed by atoms with Gasteiger partial charge in [-0.15, -0.1) is 0 Å². The van der Waals surface area contributed by atoms with Gasteiger partial charge in [-0.2, -0.15) is 0 Å². The van der Waals surface area contributed by atoms with E-state index in [1.165, 1.54) is 6.92 Å². The molecule has 26 heavy (non-hydrogen) atoms. The Hall–Kier alpha value is -2.51. The highest BCUT2D eigenvalue weighted by atomic mass is 16.5. The van der Waals surface area contributed by atoms with Crippen LogP contribution >= 0.6 is 0 Å². The second-order valence-electron chi connectivity index (χ2n) is 6.22. The average molecular weight is 356 g/mol. The molecule has 1 aromatic heterocycles. The minimum absolute atomic E-state index is 0.0814. The van der Waals surface area contributed by atoms with Crippen LogP contribution in [0, 0.1) is 0 Å². The number of ether oxygens (including phenoxy) is 2. The number of hydrogen-bond acceptors (Lipinski definition) is 6. The summed E-state index contributed by atoms with van der Waals surface area (Å²) in [5.74, 6) is 1.46. The fraction of sp³-hybridized carbons (Fsp3) is 0.421. The van der Waals surface area contributed by atoms with Crippen LogP contribution in [0.5, 0.6) is 5.75 Å². The predicted molar refractivity (Wildman–Crippen MR) is 96.5 cm³/mol. The van der Waals surface area contributed by atoms with Gasteiger partial charge < -0.3 is 14.8 Å². The summed E-state index contributed by atoms with van der Waals surface area (Å²) >= 11 is 0. The predicted octanol–water partition coefficient (Wildman–Crippen LogP) is 1.69. The SMILES string of the molecule is COc1ccccc1CN1CCOC(c2nccc(CNC(C)=O)n2)C1. The van der Waals surface area contributed by atoms with Gasteiger partial charge in [0.05, 0.1) is 26.0 Å². The van der Waals surface area contributed by atoms with Gasteiger partial charge in [0.1, 0.15) is 11.9 Å². The van der Waals surface area contributed by atoms with Crippen LogP contribution in [0.1, 0.15) is 30.1 Å². The summed E-state index contributed by atoms with van der Waals surface area (Å²) in [6.07, 6.45) is 1.53. The molecule has 7 nitrogen and oxygen atoms in total. The number of methoxy groups -OCH3 is 1. The van der Waals surface area contributed by atoms with E-state index in [1.807, 2.05) is 18.2 Å². The number of para-hydroxylation sites is 1. The number of morpholine rings is 1. The van der Waals surface area contributed by atoms with Crippen LogP contribution in [-0.4, -0.2) is 47.6 Å². The van der Waals surface area contributed by atoms with Gasteiger partial charge in [-0.05, 0) is 12.1 Å². The molecule has 2 aromatic rings. The zero-order valence-electron chi connectivity index (χ0n) is 15.1. The Morgan fingerprint density at radius 1 is 1.38 bits per heavy atom. The van der Waals surface area contributed by atoms with Crippen LogP contribution in [0.4, 0.5) is 0 Å². The summed E-state index contributed by atoms with van der Waals surface area (Å²) in [6.45, 7) is 4.85. The molecule has 0 bridgehead atoms. The van der Waals surface area contributed by atoms with Crippen LogP contribution in [0.2, 0.25) is 0 Å². The molecule has 1 aliphatic rings. The number of hydrogen-bond donors (Lipinski definition) is 1. The fourth-order valence-corrected chi connectivity index (χ4v) is 2.96. The van der Waals surface area contributed by atoms with Crippen LogP contribution in [0.25, 0.3) is 0 Å². The van der Waals surface area contributed by atoms with Gasteiger partial charge in [0.15, 0.2) is 5.82 Å². The zero-order chi connectivity index (χ0) is 18.4. The minimum Gasteiger partial charge on any atom is -0.496 e. The Bertz CT molecular complexity index is 753. The highest BCUT2D eigenvalue weighted by Crippen LogP contribution is 2.24. The molecule has 7 heteroatoms. The van der Waals surface area contributed by atoms with E-state index in [-0.39, 0.29) is 12.0 Å². The van der Waals surface area contributed by atoms with Crippen molar-refractivity contribution in [2.24, 2.45) is 0 Å². The van der Waals surface area contributed by atoms with E-state index in [0.29, 0.717) is 25.5 Å². The molecule has 1 atom stereocenters. The molecule has 0 spiro atoms. The Balaban J connectivity index is 1.66. The van der Waals surface area contributed by atoms with Gasteiger partial charge >= 0.3 is 0 Å². The van der Waals surface area contributed by atoms with E-state index < -0.39 is 0 Å². The molecule has 1 unspecified atom stereocenters. The van der Waals surface area contributed by atoms with Crippen molar-refractivity contribution in [1.82, 2.24) is 20.2 Å². The molecule has 1 amide bonds. The molecule has 2 heterocycles.